The van der Waals surface area contributed by atoms with Crippen LogP contribution in [0.3, 0.4) is 0 Å². The van der Waals surface area contributed by atoms with Crippen molar-refractivity contribution in [3.05, 3.63) is 35.4 Å². The summed E-state index contributed by atoms with van der Waals surface area (Å²) in [6.07, 6.45) is 1.95. The minimum Gasteiger partial charge on any atom is -0.308 e. The molecule has 0 saturated carbocycles. The van der Waals surface area contributed by atoms with Crippen molar-refractivity contribution in [1.82, 2.24) is 4.98 Å². The van der Waals surface area contributed by atoms with Crippen molar-refractivity contribution < 1.29 is 0 Å². The van der Waals surface area contributed by atoms with Crippen LogP contribution >= 0.6 is 0 Å². The van der Waals surface area contributed by atoms with Crippen LogP contribution in [-0.2, 0) is 12.8 Å². The first-order valence-electron chi connectivity index (χ1n) is 5.67. The van der Waals surface area contributed by atoms with E-state index in [1.165, 1.54) is 10.9 Å². The molecule has 3 N–H and O–H groups in total. The van der Waals surface area contributed by atoms with E-state index in [2.05, 4.69) is 48.5 Å². The summed E-state index contributed by atoms with van der Waals surface area (Å²) in [4.78, 5) is 4.54. The zero-order chi connectivity index (χ0) is 11.5. The normalized spacial score (nSPS) is 10.7. The smallest absolute Gasteiger partial charge is 0.143 e. The number of fused-ring (bicyclic) bond motifs is 1. The number of rotatable bonds is 3. The molecule has 0 fully saturated rings. The second kappa shape index (κ2) is 4.49. The van der Waals surface area contributed by atoms with Gasteiger partial charge < -0.3 is 5.43 Å². The van der Waals surface area contributed by atoms with Crippen molar-refractivity contribution in [1.29, 1.82) is 0 Å². The van der Waals surface area contributed by atoms with Crippen molar-refractivity contribution in [3.8, 4) is 0 Å². The SMILES string of the molecule is CCc1ccc2cc(CC)c(NN)nc2c1. The summed E-state index contributed by atoms with van der Waals surface area (Å²) in [6.45, 7) is 4.24. The van der Waals surface area contributed by atoms with Crippen molar-refractivity contribution in [3.63, 3.8) is 0 Å². The lowest BCUT2D eigenvalue weighted by Gasteiger charge is -2.08. The third-order valence-corrected chi connectivity index (χ3v) is 2.89. The summed E-state index contributed by atoms with van der Waals surface area (Å²) >= 11 is 0. The number of nitrogens with one attached hydrogen (secondary N) is 1. The highest BCUT2D eigenvalue weighted by molar-refractivity contribution is 5.82. The second-order valence-electron chi connectivity index (χ2n) is 3.87. The molecule has 1 heterocycles. The molecular weight excluding hydrogens is 198 g/mol. The Morgan fingerprint density at radius 2 is 2.00 bits per heavy atom. The summed E-state index contributed by atoms with van der Waals surface area (Å²) < 4.78 is 0. The lowest BCUT2D eigenvalue weighted by atomic mass is 10.1. The van der Waals surface area contributed by atoms with E-state index in [1.807, 2.05) is 0 Å². The van der Waals surface area contributed by atoms with E-state index in [0.29, 0.717) is 0 Å². The molecule has 0 amide bonds. The highest BCUT2D eigenvalue weighted by Gasteiger charge is 2.04. The first-order valence-corrected chi connectivity index (χ1v) is 5.67. The zero-order valence-electron chi connectivity index (χ0n) is 9.75. The highest BCUT2D eigenvalue weighted by atomic mass is 15.2. The molecule has 0 aliphatic rings. The first kappa shape index (κ1) is 10.9. The van der Waals surface area contributed by atoms with Crippen LogP contribution in [0, 0.1) is 0 Å². The number of hydrogen-bond acceptors (Lipinski definition) is 3. The summed E-state index contributed by atoms with van der Waals surface area (Å²) in [5.41, 5.74) is 6.12. The van der Waals surface area contributed by atoms with Gasteiger partial charge >= 0.3 is 0 Å². The number of hydrazine groups is 1. The first-order chi connectivity index (χ1) is 7.78. The molecule has 0 bridgehead atoms. The number of aromatic nitrogens is 1. The van der Waals surface area contributed by atoms with Gasteiger partial charge in [-0.1, -0.05) is 26.0 Å². The van der Waals surface area contributed by atoms with Crippen molar-refractivity contribution in [2.24, 2.45) is 5.84 Å². The minimum absolute atomic E-state index is 0.781. The summed E-state index contributed by atoms with van der Waals surface area (Å²) in [5.74, 6) is 6.26. The number of aryl methyl sites for hydroxylation is 2. The third-order valence-electron chi connectivity index (χ3n) is 2.89. The van der Waals surface area contributed by atoms with Crippen LogP contribution in [0.25, 0.3) is 10.9 Å². The summed E-state index contributed by atoms with van der Waals surface area (Å²) in [7, 11) is 0. The average Bonchev–Trinajstić information content (AvgIpc) is 2.36. The predicted octanol–water partition coefficient (Wildman–Crippen LogP) is 2.65. The van der Waals surface area contributed by atoms with Gasteiger partial charge in [0.05, 0.1) is 5.52 Å². The van der Waals surface area contributed by atoms with Gasteiger partial charge in [0.2, 0.25) is 0 Å². The van der Waals surface area contributed by atoms with Gasteiger partial charge in [0.1, 0.15) is 5.82 Å². The topological polar surface area (TPSA) is 50.9 Å². The number of hydrogen-bond donors (Lipinski definition) is 2. The van der Waals surface area contributed by atoms with Crippen molar-refractivity contribution in [2.75, 3.05) is 5.43 Å². The maximum Gasteiger partial charge on any atom is 0.143 e. The lowest BCUT2D eigenvalue weighted by molar-refractivity contribution is 1.10. The Morgan fingerprint density at radius 1 is 1.19 bits per heavy atom. The van der Waals surface area contributed by atoms with Crippen LogP contribution in [0.1, 0.15) is 25.0 Å². The Labute approximate surface area is 95.7 Å². The average molecular weight is 215 g/mol. The van der Waals surface area contributed by atoms with E-state index >= 15 is 0 Å². The number of anilines is 1. The summed E-state index contributed by atoms with van der Waals surface area (Å²) in [6, 6.07) is 8.55. The van der Waals surface area contributed by atoms with E-state index in [1.54, 1.807) is 0 Å². The molecule has 0 aliphatic carbocycles. The van der Waals surface area contributed by atoms with Gasteiger partial charge in [0.15, 0.2) is 0 Å². The van der Waals surface area contributed by atoms with E-state index in [-0.39, 0.29) is 0 Å². The third kappa shape index (κ3) is 1.86. The van der Waals surface area contributed by atoms with Gasteiger partial charge in [-0.2, -0.15) is 0 Å². The van der Waals surface area contributed by atoms with E-state index in [9.17, 15) is 0 Å². The van der Waals surface area contributed by atoms with Gasteiger partial charge in [-0.05, 0) is 36.1 Å². The molecule has 84 valence electrons. The van der Waals surface area contributed by atoms with Crippen LogP contribution in [0.15, 0.2) is 24.3 Å². The Balaban J connectivity index is 2.63. The predicted molar refractivity (Wildman–Crippen MR) is 68.3 cm³/mol. The molecule has 0 unspecified atom stereocenters. The molecule has 0 atom stereocenters. The van der Waals surface area contributed by atoms with Gasteiger partial charge in [0, 0.05) is 5.39 Å². The molecule has 0 saturated heterocycles. The van der Waals surface area contributed by atoms with Crippen LogP contribution in [0.4, 0.5) is 5.82 Å². The van der Waals surface area contributed by atoms with Crippen LogP contribution in [-0.4, -0.2) is 4.98 Å². The number of benzene rings is 1. The molecular formula is C13H17N3. The Bertz CT molecular complexity index is 506. The maximum atomic E-state index is 5.48. The second-order valence-corrected chi connectivity index (χ2v) is 3.87. The molecule has 2 rings (SSSR count). The highest BCUT2D eigenvalue weighted by Crippen LogP contribution is 2.21. The van der Waals surface area contributed by atoms with Gasteiger partial charge in [-0.15, -0.1) is 0 Å². The van der Waals surface area contributed by atoms with E-state index in [0.717, 1.165) is 29.7 Å². The Kier molecular flexibility index (Phi) is 3.06. The molecule has 0 spiro atoms. The van der Waals surface area contributed by atoms with Crippen LogP contribution < -0.4 is 11.3 Å². The van der Waals surface area contributed by atoms with Gasteiger partial charge in [-0.3, -0.25) is 0 Å². The van der Waals surface area contributed by atoms with Gasteiger partial charge in [-0.25, -0.2) is 10.8 Å². The Morgan fingerprint density at radius 3 is 2.62 bits per heavy atom. The monoisotopic (exact) mass is 215 g/mol. The maximum absolute atomic E-state index is 5.48. The van der Waals surface area contributed by atoms with E-state index in [4.69, 9.17) is 5.84 Å². The molecule has 1 aromatic heterocycles. The standard InChI is InChI=1S/C13H17N3/c1-3-9-5-6-11-8-10(4-2)13(16-14)15-12(11)7-9/h5-8H,3-4,14H2,1-2H3,(H,15,16). The van der Waals surface area contributed by atoms with Crippen LogP contribution in [0.5, 0.6) is 0 Å². The number of nitrogens with zero attached hydrogens (tertiary/aromatic N) is 1. The number of nitrogen functional groups attached to an aromatic ring is 1. The molecule has 0 aliphatic heterocycles. The quantitative estimate of drug-likeness (QED) is 0.611. The van der Waals surface area contributed by atoms with Crippen molar-refractivity contribution in [2.45, 2.75) is 26.7 Å². The number of pyridine rings is 1. The molecule has 2 aromatic rings. The molecule has 0 radical (unpaired) electrons. The molecule has 16 heavy (non-hydrogen) atoms. The largest absolute Gasteiger partial charge is 0.308 e. The fourth-order valence-electron chi connectivity index (χ4n) is 1.87. The van der Waals surface area contributed by atoms with Gasteiger partial charge in [0.25, 0.3) is 0 Å². The molecule has 3 nitrogen and oxygen atoms in total. The van der Waals surface area contributed by atoms with E-state index < -0.39 is 0 Å². The molecule has 1 aromatic carbocycles. The Hall–Kier alpha value is -1.61. The van der Waals surface area contributed by atoms with Crippen molar-refractivity contribution >= 4 is 16.7 Å². The zero-order valence-corrected chi connectivity index (χ0v) is 9.75. The molecule has 3 heteroatoms. The number of nitrogens with two attached hydrogens (primary N) is 1. The summed E-state index contributed by atoms with van der Waals surface area (Å²) in [5, 5.41) is 1.17. The minimum atomic E-state index is 0.781. The lowest BCUT2D eigenvalue weighted by Crippen LogP contribution is -2.11. The fraction of sp³-hybridized carbons (Fsp3) is 0.308. The van der Waals surface area contributed by atoms with Crippen LogP contribution in [0.2, 0.25) is 0 Å². The fourth-order valence-corrected chi connectivity index (χ4v) is 1.87.